The van der Waals surface area contributed by atoms with Crippen LogP contribution in [-0.4, -0.2) is 0 Å². The number of rotatable bonds is 0. The van der Waals surface area contributed by atoms with Gasteiger partial charge < -0.3 is 11.5 Å². The maximum atomic E-state index is 5.67. The molecule has 60 valence electrons. The summed E-state index contributed by atoms with van der Waals surface area (Å²) in [4.78, 5) is 0. The smallest absolute Gasteiger partial charge is 0.0857 e. The molecule has 4 N–H and O–H groups in total. The molecule has 0 radical (unpaired) electrons. The van der Waals surface area contributed by atoms with Gasteiger partial charge in [-0.05, 0) is 6.07 Å². The predicted molar refractivity (Wildman–Crippen MR) is 50.3 cm³/mol. The molecule has 0 saturated carbocycles. The molecule has 0 aliphatic heterocycles. The average molecular weight is 211 g/mol. The minimum Gasteiger partial charge on any atom is -0.397 e. The molecule has 11 heavy (non-hydrogen) atoms. The summed E-state index contributed by atoms with van der Waals surface area (Å²) in [6.07, 6.45) is 0. The van der Waals surface area contributed by atoms with E-state index in [9.17, 15) is 0 Å². The van der Waals surface area contributed by atoms with Crippen molar-refractivity contribution in [3.05, 3.63) is 21.1 Å². The molecular weight excluding hydrogens is 206 g/mol. The number of hydrogen-bond donors (Lipinski definition) is 2. The molecule has 1 aromatic carbocycles. The van der Waals surface area contributed by atoms with E-state index in [4.69, 9.17) is 46.3 Å². The Bertz CT molecular complexity index is 272. The van der Waals surface area contributed by atoms with Gasteiger partial charge in [0, 0.05) is 0 Å². The van der Waals surface area contributed by atoms with E-state index < -0.39 is 0 Å². The molecular formula is C6H5Cl3N2. The topological polar surface area (TPSA) is 52.0 Å². The van der Waals surface area contributed by atoms with E-state index in [1.807, 2.05) is 0 Å². The minimum atomic E-state index is 0.205. The zero-order valence-electron chi connectivity index (χ0n) is 5.37. The Kier molecular flexibility index (Phi) is 2.37. The number of anilines is 2. The SMILES string of the molecule is Nc1cc(Cl)c(N)c(Cl)c1Cl. The van der Waals surface area contributed by atoms with Crippen LogP contribution in [0, 0.1) is 0 Å². The van der Waals surface area contributed by atoms with Crippen LogP contribution >= 0.6 is 34.8 Å². The average Bonchev–Trinajstić information content (AvgIpc) is 1.97. The van der Waals surface area contributed by atoms with E-state index in [1.54, 1.807) is 0 Å². The first-order valence-electron chi connectivity index (χ1n) is 2.72. The van der Waals surface area contributed by atoms with Crippen LogP contribution in [0.25, 0.3) is 0 Å². The van der Waals surface area contributed by atoms with Crippen molar-refractivity contribution in [2.45, 2.75) is 0 Å². The van der Waals surface area contributed by atoms with Crippen LogP contribution < -0.4 is 11.5 Å². The first-order valence-corrected chi connectivity index (χ1v) is 3.86. The normalized spacial score (nSPS) is 10.1. The minimum absolute atomic E-state index is 0.205. The highest BCUT2D eigenvalue weighted by Gasteiger charge is 2.09. The number of halogens is 3. The first kappa shape index (κ1) is 8.78. The molecule has 1 aromatic rings. The molecule has 0 saturated heterocycles. The zero-order valence-corrected chi connectivity index (χ0v) is 7.63. The summed E-state index contributed by atoms with van der Waals surface area (Å²) < 4.78 is 0. The van der Waals surface area contributed by atoms with Gasteiger partial charge in [-0.2, -0.15) is 0 Å². The lowest BCUT2D eigenvalue weighted by Gasteiger charge is -2.05. The Morgan fingerprint density at radius 1 is 1.00 bits per heavy atom. The third kappa shape index (κ3) is 1.48. The Hall–Kier alpha value is -0.310. The highest BCUT2D eigenvalue weighted by atomic mass is 35.5. The van der Waals surface area contributed by atoms with Crippen molar-refractivity contribution in [3.63, 3.8) is 0 Å². The number of benzene rings is 1. The van der Waals surface area contributed by atoms with Crippen LogP contribution in [0.15, 0.2) is 6.07 Å². The Labute approximate surface area is 79.0 Å². The van der Waals surface area contributed by atoms with Gasteiger partial charge in [0.2, 0.25) is 0 Å². The molecule has 0 fully saturated rings. The second-order valence-corrected chi connectivity index (χ2v) is 3.15. The standard InChI is InChI=1S/C6H5Cl3N2/c7-2-1-3(10)4(8)5(9)6(2)11/h1H,10-11H2. The van der Waals surface area contributed by atoms with Gasteiger partial charge in [0.25, 0.3) is 0 Å². The van der Waals surface area contributed by atoms with Crippen LogP contribution in [0.1, 0.15) is 0 Å². The summed E-state index contributed by atoms with van der Waals surface area (Å²) in [5, 5.41) is 0.766. The van der Waals surface area contributed by atoms with Crippen molar-refractivity contribution in [2.75, 3.05) is 11.5 Å². The highest BCUT2D eigenvalue weighted by molar-refractivity contribution is 6.47. The fourth-order valence-electron chi connectivity index (χ4n) is 0.627. The molecule has 5 heteroatoms. The van der Waals surface area contributed by atoms with Gasteiger partial charge in [0.1, 0.15) is 0 Å². The van der Waals surface area contributed by atoms with Crippen molar-refractivity contribution >= 4 is 46.2 Å². The highest BCUT2D eigenvalue weighted by Crippen LogP contribution is 2.37. The molecule has 0 spiro atoms. The molecule has 1 rings (SSSR count). The fourth-order valence-corrected chi connectivity index (χ4v) is 1.26. The molecule has 0 aliphatic carbocycles. The van der Waals surface area contributed by atoms with Crippen LogP contribution in [0.3, 0.4) is 0 Å². The molecule has 0 atom stereocenters. The van der Waals surface area contributed by atoms with Crippen molar-refractivity contribution in [2.24, 2.45) is 0 Å². The zero-order chi connectivity index (χ0) is 8.59. The van der Waals surface area contributed by atoms with Gasteiger partial charge in [-0.15, -0.1) is 0 Å². The third-order valence-corrected chi connectivity index (χ3v) is 2.43. The van der Waals surface area contributed by atoms with Crippen LogP contribution in [0.2, 0.25) is 15.1 Å². The largest absolute Gasteiger partial charge is 0.397 e. The lowest BCUT2D eigenvalue weighted by Crippen LogP contribution is -1.93. The Balaban J connectivity index is 3.46. The molecule has 0 unspecified atom stereocenters. The van der Waals surface area contributed by atoms with Gasteiger partial charge in [0.15, 0.2) is 0 Å². The predicted octanol–water partition coefficient (Wildman–Crippen LogP) is 2.81. The molecule has 0 bridgehead atoms. The summed E-state index contributed by atoms with van der Waals surface area (Å²) in [7, 11) is 0. The van der Waals surface area contributed by atoms with E-state index in [2.05, 4.69) is 0 Å². The van der Waals surface area contributed by atoms with E-state index >= 15 is 0 Å². The Morgan fingerprint density at radius 2 is 1.55 bits per heavy atom. The van der Waals surface area contributed by atoms with Gasteiger partial charge >= 0.3 is 0 Å². The van der Waals surface area contributed by atoms with Crippen LogP contribution in [-0.2, 0) is 0 Å². The summed E-state index contributed by atoms with van der Waals surface area (Å²) in [6.45, 7) is 0. The summed E-state index contributed by atoms with van der Waals surface area (Å²) in [5.74, 6) is 0. The monoisotopic (exact) mass is 210 g/mol. The van der Waals surface area contributed by atoms with Gasteiger partial charge in [-0.25, -0.2) is 0 Å². The second kappa shape index (κ2) is 2.97. The fraction of sp³-hybridized carbons (Fsp3) is 0. The number of hydrogen-bond acceptors (Lipinski definition) is 2. The van der Waals surface area contributed by atoms with Gasteiger partial charge in [-0.1, -0.05) is 34.8 Å². The lowest BCUT2D eigenvalue weighted by atomic mass is 10.3. The number of nitrogen functional groups attached to an aromatic ring is 2. The van der Waals surface area contributed by atoms with Crippen molar-refractivity contribution in [1.29, 1.82) is 0 Å². The summed E-state index contributed by atoms with van der Waals surface area (Å²) in [5.41, 5.74) is 11.5. The van der Waals surface area contributed by atoms with Crippen LogP contribution in [0.5, 0.6) is 0 Å². The quantitative estimate of drug-likeness (QED) is 0.512. The lowest BCUT2D eigenvalue weighted by molar-refractivity contribution is 1.66. The summed E-state index contributed by atoms with van der Waals surface area (Å²) in [6, 6.07) is 1.46. The van der Waals surface area contributed by atoms with E-state index in [0.29, 0.717) is 10.7 Å². The van der Waals surface area contributed by atoms with Gasteiger partial charge in [-0.3, -0.25) is 0 Å². The van der Waals surface area contributed by atoms with Crippen molar-refractivity contribution < 1.29 is 0 Å². The molecule has 0 aromatic heterocycles. The molecule has 0 amide bonds. The molecule has 2 nitrogen and oxygen atoms in total. The first-order chi connectivity index (χ1) is 5.04. The van der Waals surface area contributed by atoms with Crippen LogP contribution in [0.4, 0.5) is 11.4 Å². The van der Waals surface area contributed by atoms with Crippen molar-refractivity contribution in [3.8, 4) is 0 Å². The third-order valence-electron chi connectivity index (χ3n) is 1.22. The maximum absolute atomic E-state index is 5.67. The van der Waals surface area contributed by atoms with E-state index in [1.165, 1.54) is 6.07 Å². The second-order valence-electron chi connectivity index (χ2n) is 1.99. The summed E-state index contributed by atoms with van der Waals surface area (Å²) >= 11 is 17.0. The van der Waals surface area contributed by atoms with Crippen molar-refractivity contribution in [1.82, 2.24) is 0 Å². The maximum Gasteiger partial charge on any atom is 0.0857 e. The van der Waals surface area contributed by atoms with E-state index in [-0.39, 0.29) is 15.7 Å². The van der Waals surface area contributed by atoms with Gasteiger partial charge in [0.05, 0.1) is 26.4 Å². The van der Waals surface area contributed by atoms with E-state index in [0.717, 1.165) is 0 Å². The number of nitrogens with two attached hydrogens (primary N) is 2. The molecule has 0 heterocycles. The molecule has 0 aliphatic rings. The Morgan fingerprint density at radius 3 is 2.09 bits per heavy atom.